The van der Waals surface area contributed by atoms with Gasteiger partial charge in [-0.3, -0.25) is 14.5 Å². The van der Waals surface area contributed by atoms with Gasteiger partial charge in [0.25, 0.3) is 0 Å². The van der Waals surface area contributed by atoms with Crippen molar-refractivity contribution < 1.29 is 19.1 Å². The number of hydrogen-bond acceptors (Lipinski definition) is 7. The highest BCUT2D eigenvalue weighted by molar-refractivity contribution is 5.86. The topological polar surface area (TPSA) is 140 Å². The summed E-state index contributed by atoms with van der Waals surface area (Å²) in [5.74, 6) is 1.57. The van der Waals surface area contributed by atoms with Gasteiger partial charge in [-0.1, -0.05) is 76.2 Å². The number of amides is 3. The first-order valence-electron chi connectivity index (χ1n) is 19.6. The fourth-order valence-electron chi connectivity index (χ4n) is 7.97. The number of ether oxygens (including phenoxy) is 1. The quantitative estimate of drug-likeness (QED) is 0.123. The van der Waals surface area contributed by atoms with Crippen LogP contribution in [0.1, 0.15) is 96.9 Å². The third kappa shape index (κ3) is 8.38. The molecule has 288 valence electrons. The van der Waals surface area contributed by atoms with Crippen molar-refractivity contribution in [2.24, 2.45) is 5.92 Å². The fourth-order valence-corrected chi connectivity index (χ4v) is 7.97. The third-order valence-corrected chi connectivity index (χ3v) is 10.9. The second kappa shape index (κ2) is 17.4. The van der Waals surface area contributed by atoms with Gasteiger partial charge in [0.05, 0.1) is 49.0 Å². The standard InChI is InChI=1S/C42H56N8O4/c1-7-21-48(22-8-2)28(5)40(51)49-23-9-11-35(49)38-43-25-33(45-38)31-17-13-29(14-18-31)30-15-19-32(20-16-30)34-26-44-39(46-34)36-12-10-24-50(36)41(52)37(27(3)4)47-42(53)54-6/h13-20,25-28,35-37H,7-12,21-24H2,1-6H3,(H,43,45)(H,44,46)(H,47,53)/t28-,35-,36-,37-/m0/s1. The molecule has 4 atom stereocenters. The molecule has 2 aromatic heterocycles. The number of likely N-dealkylation sites (tertiary alicyclic amines) is 2. The van der Waals surface area contributed by atoms with Crippen LogP contribution >= 0.6 is 0 Å². The Kier molecular flexibility index (Phi) is 12.5. The van der Waals surface area contributed by atoms with Gasteiger partial charge in [-0.05, 0) is 86.7 Å². The van der Waals surface area contributed by atoms with E-state index in [2.05, 4.69) is 87.5 Å². The summed E-state index contributed by atoms with van der Waals surface area (Å²) in [5.41, 5.74) is 6.05. The predicted molar refractivity (Wildman–Crippen MR) is 210 cm³/mol. The Labute approximate surface area is 319 Å². The molecule has 12 nitrogen and oxygen atoms in total. The number of carbonyl (C=O) groups is 3. The molecule has 0 saturated carbocycles. The largest absolute Gasteiger partial charge is 0.453 e. The van der Waals surface area contributed by atoms with Crippen molar-refractivity contribution in [3.8, 4) is 33.6 Å². The van der Waals surface area contributed by atoms with E-state index < -0.39 is 12.1 Å². The minimum Gasteiger partial charge on any atom is -0.453 e. The molecule has 6 rings (SSSR count). The Hall–Kier alpha value is -4.97. The van der Waals surface area contributed by atoms with E-state index in [1.54, 1.807) is 0 Å². The molecule has 0 aliphatic carbocycles. The maximum Gasteiger partial charge on any atom is 0.407 e. The molecule has 0 unspecified atom stereocenters. The maximum absolute atomic E-state index is 13.6. The predicted octanol–water partition coefficient (Wildman–Crippen LogP) is 7.35. The van der Waals surface area contributed by atoms with Crippen LogP contribution in [0.15, 0.2) is 60.9 Å². The van der Waals surface area contributed by atoms with Gasteiger partial charge in [0.2, 0.25) is 11.8 Å². The van der Waals surface area contributed by atoms with E-state index >= 15 is 0 Å². The Morgan fingerprint density at radius 1 is 0.759 bits per heavy atom. The summed E-state index contributed by atoms with van der Waals surface area (Å²) >= 11 is 0. The number of H-pyrrole nitrogens is 2. The molecule has 2 aliphatic rings. The van der Waals surface area contributed by atoms with Crippen molar-refractivity contribution in [3.05, 3.63) is 72.6 Å². The lowest BCUT2D eigenvalue weighted by atomic mass is 10.0. The Morgan fingerprint density at radius 2 is 1.20 bits per heavy atom. The zero-order valence-corrected chi connectivity index (χ0v) is 32.6. The first kappa shape index (κ1) is 38.7. The minimum atomic E-state index is -0.674. The molecule has 3 amide bonds. The SMILES string of the molecule is CCCN(CCC)[C@@H](C)C(=O)N1CCC[C@H]1c1ncc(-c2ccc(-c3ccc(-c4cnc([C@@H]5CCCN5C(=O)[C@@H](NC(=O)OC)C(C)C)[nH]4)cc3)cc2)[nH]1. The van der Waals surface area contributed by atoms with Gasteiger partial charge < -0.3 is 29.8 Å². The molecular formula is C42H56N8O4. The van der Waals surface area contributed by atoms with Crippen molar-refractivity contribution in [3.63, 3.8) is 0 Å². The smallest absolute Gasteiger partial charge is 0.407 e. The first-order valence-corrected chi connectivity index (χ1v) is 19.6. The molecule has 12 heteroatoms. The van der Waals surface area contributed by atoms with Gasteiger partial charge in [-0.2, -0.15) is 0 Å². The van der Waals surface area contributed by atoms with E-state index in [0.717, 1.165) is 103 Å². The van der Waals surface area contributed by atoms with Crippen molar-refractivity contribution in [2.45, 2.75) is 97.3 Å². The second-order valence-corrected chi connectivity index (χ2v) is 15.0. The fraction of sp³-hybridized carbons (Fsp3) is 0.500. The van der Waals surface area contributed by atoms with Crippen LogP contribution in [0, 0.1) is 5.92 Å². The number of imidazole rings is 2. The number of carbonyl (C=O) groups excluding carboxylic acids is 3. The van der Waals surface area contributed by atoms with E-state index in [4.69, 9.17) is 9.72 Å². The number of aromatic amines is 2. The van der Waals surface area contributed by atoms with Crippen LogP contribution in [0.25, 0.3) is 33.6 Å². The number of nitrogens with one attached hydrogen (secondary N) is 3. The molecule has 2 aromatic carbocycles. The molecule has 4 heterocycles. The van der Waals surface area contributed by atoms with Crippen LogP contribution in [0.3, 0.4) is 0 Å². The van der Waals surface area contributed by atoms with Crippen molar-refractivity contribution in [1.82, 2.24) is 40.0 Å². The summed E-state index contributed by atoms with van der Waals surface area (Å²) < 4.78 is 4.76. The van der Waals surface area contributed by atoms with Crippen LogP contribution in [0.4, 0.5) is 4.79 Å². The van der Waals surface area contributed by atoms with Gasteiger partial charge in [0.1, 0.15) is 17.7 Å². The number of nitrogens with zero attached hydrogens (tertiary/aromatic N) is 5. The average molecular weight is 737 g/mol. The summed E-state index contributed by atoms with van der Waals surface area (Å²) in [6.45, 7) is 13.4. The molecule has 3 N–H and O–H groups in total. The molecule has 2 aliphatic heterocycles. The summed E-state index contributed by atoms with van der Waals surface area (Å²) in [5, 5.41) is 2.70. The average Bonchev–Trinajstić information content (AvgIpc) is 4.03. The van der Waals surface area contributed by atoms with E-state index in [1.807, 2.05) is 43.0 Å². The lowest BCUT2D eigenvalue weighted by Crippen LogP contribution is -2.51. The zero-order valence-electron chi connectivity index (χ0n) is 32.6. The molecule has 0 spiro atoms. The van der Waals surface area contributed by atoms with Crippen LogP contribution in [-0.4, -0.2) is 97.9 Å². The van der Waals surface area contributed by atoms with Gasteiger partial charge in [-0.25, -0.2) is 14.8 Å². The highest BCUT2D eigenvalue weighted by Gasteiger charge is 2.38. The first-order chi connectivity index (χ1) is 26.1. The molecule has 2 fully saturated rings. The van der Waals surface area contributed by atoms with Crippen molar-refractivity contribution in [1.29, 1.82) is 0 Å². The maximum atomic E-state index is 13.6. The molecule has 4 aromatic rings. The minimum absolute atomic E-state index is 0.0327. The monoisotopic (exact) mass is 736 g/mol. The van der Waals surface area contributed by atoms with Crippen molar-refractivity contribution in [2.75, 3.05) is 33.3 Å². The van der Waals surface area contributed by atoms with E-state index in [9.17, 15) is 14.4 Å². The lowest BCUT2D eigenvalue weighted by molar-refractivity contribution is -0.137. The van der Waals surface area contributed by atoms with Gasteiger partial charge in [0, 0.05) is 13.1 Å². The van der Waals surface area contributed by atoms with Gasteiger partial charge in [0.15, 0.2) is 0 Å². The van der Waals surface area contributed by atoms with E-state index in [1.165, 1.54) is 7.11 Å². The highest BCUT2D eigenvalue weighted by atomic mass is 16.5. The van der Waals surface area contributed by atoms with Gasteiger partial charge in [-0.15, -0.1) is 0 Å². The number of aromatic nitrogens is 4. The molecule has 0 bridgehead atoms. The van der Waals surface area contributed by atoms with Gasteiger partial charge >= 0.3 is 6.09 Å². The number of benzene rings is 2. The van der Waals surface area contributed by atoms with Crippen LogP contribution in [0.5, 0.6) is 0 Å². The molecule has 0 radical (unpaired) electrons. The number of alkyl carbamates (subject to hydrolysis) is 1. The third-order valence-electron chi connectivity index (χ3n) is 10.9. The number of hydrogen-bond donors (Lipinski definition) is 3. The van der Waals surface area contributed by atoms with E-state index in [-0.39, 0.29) is 35.9 Å². The molecular weight excluding hydrogens is 681 g/mol. The Morgan fingerprint density at radius 3 is 1.63 bits per heavy atom. The zero-order chi connectivity index (χ0) is 38.4. The summed E-state index contributed by atoms with van der Waals surface area (Å²) in [6, 6.07) is 15.8. The Bertz CT molecular complexity index is 1860. The van der Waals surface area contributed by atoms with Crippen LogP contribution < -0.4 is 5.32 Å². The lowest BCUT2D eigenvalue weighted by Gasteiger charge is -2.33. The second-order valence-electron chi connectivity index (χ2n) is 15.0. The normalized spacial score (nSPS) is 18.4. The van der Waals surface area contributed by atoms with Crippen LogP contribution in [-0.2, 0) is 14.3 Å². The highest BCUT2D eigenvalue weighted by Crippen LogP contribution is 2.35. The van der Waals surface area contributed by atoms with Crippen LogP contribution in [0.2, 0.25) is 0 Å². The van der Waals surface area contributed by atoms with E-state index in [0.29, 0.717) is 6.54 Å². The molecule has 2 saturated heterocycles. The summed E-state index contributed by atoms with van der Waals surface area (Å²) in [4.78, 5) is 61.7. The Balaban J connectivity index is 1.10. The molecule has 54 heavy (non-hydrogen) atoms. The summed E-state index contributed by atoms with van der Waals surface area (Å²) in [7, 11) is 1.30. The number of rotatable bonds is 14. The number of methoxy groups -OCH3 is 1. The van der Waals surface area contributed by atoms with Crippen molar-refractivity contribution >= 4 is 17.9 Å². The summed E-state index contributed by atoms with van der Waals surface area (Å²) in [6.07, 6.45) is 8.70.